The Balaban J connectivity index is 1.66. The highest BCUT2D eigenvalue weighted by molar-refractivity contribution is 5.95. The molecule has 0 unspecified atom stereocenters. The summed E-state index contributed by atoms with van der Waals surface area (Å²) in [5, 5.41) is 0. The van der Waals surface area contributed by atoms with Gasteiger partial charge < -0.3 is 9.88 Å². The first-order valence-corrected chi connectivity index (χ1v) is 8.72. The van der Waals surface area contributed by atoms with E-state index in [9.17, 15) is 4.79 Å². The quantitative estimate of drug-likeness (QED) is 0.789. The van der Waals surface area contributed by atoms with E-state index in [1.165, 1.54) is 12.8 Å². The normalized spacial score (nSPS) is 15.3. The zero-order valence-electron chi connectivity index (χ0n) is 14.8. The van der Waals surface area contributed by atoms with Crippen LogP contribution in [0.2, 0.25) is 0 Å². The predicted octanol–water partition coefficient (Wildman–Crippen LogP) is 3.80. The van der Waals surface area contributed by atoms with E-state index in [0.29, 0.717) is 11.5 Å². The van der Waals surface area contributed by atoms with Gasteiger partial charge in [0.1, 0.15) is 5.82 Å². The number of carbonyl (C=O) groups is 1. The van der Waals surface area contributed by atoms with Gasteiger partial charge in [-0.2, -0.15) is 0 Å². The van der Waals surface area contributed by atoms with E-state index < -0.39 is 0 Å². The van der Waals surface area contributed by atoms with Gasteiger partial charge in [-0.1, -0.05) is 12.1 Å². The molecule has 2 aromatic heterocycles. The fourth-order valence-electron chi connectivity index (χ4n) is 3.28. The molecule has 4 rings (SSSR count). The summed E-state index contributed by atoms with van der Waals surface area (Å²) in [5.74, 6) is 1.40. The van der Waals surface area contributed by atoms with Crippen molar-refractivity contribution in [2.75, 3.05) is 7.05 Å². The molecule has 0 radical (unpaired) electrons. The number of amides is 1. The Bertz CT molecular complexity index is 942. The monoisotopic (exact) mass is 334 g/mol. The fourth-order valence-corrected chi connectivity index (χ4v) is 3.28. The minimum Gasteiger partial charge on any atom is -0.339 e. The van der Waals surface area contributed by atoms with Crippen LogP contribution in [0.15, 0.2) is 36.7 Å². The highest BCUT2D eigenvalue weighted by Gasteiger charge is 2.32. The number of aromatic nitrogens is 3. The number of imidazole rings is 1. The van der Waals surface area contributed by atoms with Crippen LogP contribution in [0.3, 0.4) is 0 Å². The van der Waals surface area contributed by atoms with Gasteiger partial charge in [-0.25, -0.2) is 4.98 Å². The first-order chi connectivity index (χ1) is 12.0. The third kappa shape index (κ3) is 2.90. The molecule has 1 atom stereocenters. The van der Waals surface area contributed by atoms with Crippen molar-refractivity contribution in [1.29, 1.82) is 0 Å². The van der Waals surface area contributed by atoms with Gasteiger partial charge in [0.15, 0.2) is 0 Å². The van der Waals surface area contributed by atoms with Gasteiger partial charge in [0.25, 0.3) is 5.91 Å². The van der Waals surface area contributed by atoms with E-state index in [0.717, 1.165) is 28.0 Å². The molecule has 1 aliphatic rings. The zero-order chi connectivity index (χ0) is 17.6. The third-order valence-electron chi connectivity index (χ3n) is 5.21. The summed E-state index contributed by atoms with van der Waals surface area (Å²) in [5.41, 5.74) is 4.50. The van der Waals surface area contributed by atoms with Crippen LogP contribution in [0.4, 0.5) is 0 Å². The molecule has 0 aliphatic heterocycles. The molecule has 1 aromatic carbocycles. The second kappa shape index (κ2) is 5.99. The molecular formula is C20H22N4O. The molecular weight excluding hydrogens is 312 g/mol. The summed E-state index contributed by atoms with van der Waals surface area (Å²) in [4.78, 5) is 26.9. The van der Waals surface area contributed by atoms with Crippen molar-refractivity contribution in [2.45, 2.75) is 32.7 Å². The number of aromatic amines is 1. The molecule has 5 nitrogen and oxygen atoms in total. The van der Waals surface area contributed by atoms with Gasteiger partial charge in [0.05, 0.1) is 16.6 Å². The SMILES string of the molecule is Cc1cccc2[nH]c(-c3cncc(C(=O)N(C)[C@@H](C)C4CC4)c3)nc12. The van der Waals surface area contributed by atoms with E-state index in [4.69, 9.17) is 0 Å². The Morgan fingerprint density at radius 2 is 2.12 bits per heavy atom. The Morgan fingerprint density at radius 3 is 2.84 bits per heavy atom. The Kier molecular flexibility index (Phi) is 3.79. The maximum absolute atomic E-state index is 12.8. The van der Waals surface area contributed by atoms with Crippen molar-refractivity contribution in [2.24, 2.45) is 5.92 Å². The highest BCUT2D eigenvalue weighted by Crippen LogP contribution is 2.35. The van der Waals surface area contributed by atoms with Gasteiger partial charge in [0, 0.05) is 31.0 Å². The molecule has 0 bridgehead atoms. The number of nitrogens with one attached hydrogen (secondary N) is 1. The molecule has 0 spiro atoms. The smallest absolute Gasteiger partial charge is 0.255 e. The van der Waals surface area contributed by atoms with Crippen molar-refractivity contribution in [3.8, 4) is 11.4 Å². The average Bonchev–Trinajstić information content (AvgIpc) is 3.38. The van der Waals surface area contributed by atoms with E-state index >= 15 is 0 Å². The maximum atomic E-state index is 12.8. The van der Waals surface area contributed by atoms with Crippen molar-refractivity contribution in [3.05, 3.63) is 47.8 Å². The standard InChI is InChI=1S/C20H22N4O/c1-12-5-4-6-17-18(12)23-19(22-17)15-9-16(11-21-10-15)20(25)24(3)13(2)14-7-8-14/h4-6,9-11,13-14H,7-8H2,1-3H3,(H,22,23)/t13-/m0/s1. The van der Waals surface area contributed by atoms with Crippen molar-refractivity contribution in [3.63, 3.8) is 0 Å². The molecule has 5 heteroatoms. The Hall–Kier alpha value is -2.69. The molecule has 25 heavy (non-hydrogen) atoms. The number of pyridine rings is 1. The second-order valence-corrected chi connectivity index (χ2v) is 7.01. The van der Waals surface area contributed by atoms with Gasteiger partial charge in [-0.15, -0.1) is 0 Å². The third-order valence-corrected chi connectivity index (χ3v) is 5.21. The number of hydrogen-bond acceptors (Lipinski definition) is 3. The lowest BCUT2D eigenvalue weighted by Crippen LogP contribution is -2.36. The minimum absolute atomic E-state index is 0.0149. The second-order valence-electron chi connectivity index (χ2n) is 7.01. The van der Waals surface area contributed by atoms with Crippen LogP contribution in [0, 0.1) is 12.8 Å². The summed E-state index contributed by atoms with van der Waals surface area (Å²) in [6.07, 6.45) is 5.81. The number of benzene rings is 1. The molecule has 1 N–H and O–H groups in total. The lowest BCUT2D eigenvalue weighted by Gasteiger charge is -2.24. The number of carbonyl (C=O) groups excluding carboxylic acids is 1. The largest absolute Gasteiger partial charge is 0.339 e. The lowest BCUT2D eigenvalue weighted by molar-refractivity contribution is 0.0727. The topological polar surface area (TPSA) is 61.9 Å². The number of hydrogen-bond donors (Lipinski definition) is 1. The van der Waals surface area contributed by atoms with Gasteiger partial charge >= 0.3 is 0 Å². The number of fused-ring (bicyclic) bond motifs is 1. The summed E-state index contributed by atoms with van der Waals surface area (Å²) in [6, 6.07) is 8.20. The van der Waals surface area contributed by atoms with Crippen LogP contribution in [0.5, 0.6) is 0 Å². The predicted molar refractivity (Wildman–Crippen MR) is 98.3 cm³/mol. The first-order valence-electron chi connectivity index (χ1n) is 8.72. The highest BCUT2D eigenvalue weighted by atomic mass is 16.2. The van der Waals surface area contributed by atoms with E-state index in [2.05, 4.69) is 21.9 Å². The average molecular weight is 334 g/mol. The number of nitrogens with zero attached hydrogens (tertiary/aromatic N) is 3. The van der Waals surface area contributed by atoms with Crippen LogP contribution < -0.4 is 0 Å². The van der Waals surface area contributed by atoms with E-state index in [1.54, 1.807) is 12.4 Å². The van der Waals surface area contributed by atoms with Crippen molar-refractivity contribution < 1.29 is 4.79 Å². The molecule has 1 fully saturated rings. The lowest BCUT2D eigenvalue weighted by atomic mass is 10.1. The number of rotatable bonds is 4. The van der Waals surface area contributed by atoms with Gasteiger partial charge in [-0.3, -0.25) is 9.78 Å². The van der Waals surface area contributed by atoms with Crippen LogP contribution >= 0.6 is 0 Å². The molecule has 3 aromatic rings. The van der Waals surface area contributed by atoms with E-state index in [-0.39, 0.29) is 11.9 Å². The van der Waals surface area contributed by atoms with Crippen LogP contribution in [-0.4, -0.2) is 38.8 Å². The fraction of sp³-hybridized carbons (Fsp3) is 0.350. The summed E-state index contributed by atoms with van der Waals surface area (Å²) < 4.78 is 0. The zero-order valence-corrected chi connectivity index (χ0v) is 14.8. The van der Waals surface area contributed by atoms with Crippen molar-refractivity contribution >= 4 is 16.9 Å². The van der Waals surface area contributed by atoms with Crippen molar-refractivity contribution in [1.82, 2.24) is 19.9 Å². The Labute approximate surface area is 147 Å². The molecule has 1 aliphatic carbocycles. The summed E-state index contributed by atoms with van der Waals surface area (Å²) in [6.45, 7) is 4.16. The number of aryl methyl sites for hydroxylation is 1. The molecule has 1 saturated carbocycles. The molecule has 128 valence electrons. The maximum Gasteiger partial charge on any atom is 0.255 e. The molecule has 2 heterocycles. The number of H-pyrrole nitrogens is 1. The first kappa shape index (κ1) is 15.8. The Morgan fingerprint density at radius 1 is 1.32 bits per heavy atom. The number of para-hydroxylation sites is 1. The van der Waals surface area contributed by atoms with Crippen LogP contribution in [0.1, 0.15) is 35.7 Å². The van der Waals surface area contributed by atoms with Gasteiger partial charge in [0.2, 0.25) is 0 Å². The molecule has 1 amide bonds. The van der Waals surface area contributed by atoms with Gasteiger partial charge in [-0.05, 0) is 50.3 Å². The minimum atomic E-state index is 0.0149. The van der Waals surface area contributed by atoms with E-state index in [1.807, 2.05) is 43.1 Å². The summed E-state index contributed by atoms with van der Waals surface area (Å²) in [7, 11) is 1.88. The van der Waals surface area contributed by atoms with Crippen LogP contribution in [-0.2, 0) is 0 Å². The molecule has 0 saturated heterocycles. The van der Waals surface area contributed by atoms with Crippen LogP contribution in [0.25, 0.3) is 22.4 Å². The summed E-state index contributed by atoms with van der Waals surface area (Å²) >= 11 is 0.